The lowest BCUT2D eigenvalue weighted by molar-refractivity contribution is -0.221. The molecule has 0 saturated carbocycles. The van der Waals surface area contributed by atoms with Crippen LogP contribution in [-0.4, -0.2) is 76.4 Å². The number of carbonyl (C=O) groups excluding carboxylic acids is 1. The molecule has 3 rings (SSSR count). The number of carbonyl (C=O) groups is 1. The second kappa shape index (κ2) is 7.39. The Morgan fingerprint density at radius 2 is 2.15 bits per heavy atom. The van der Waals surface area contributed by atoms with E-state index in [1.54, 1.807) is 4.90 Å². The summed E-state index contributed by atoms with van der Waals surface area (Å²) in [5.74, 6) is -1.92. The lowest BCUT2D eigenvalue weighted by Crippen LogP contribution is -2.76. The van der Waals surface area contributed by atoms with Crippen molar-refractivity contribution < 1.29 is 19.7 Å². The largest absolute Gasteiger partial charge is 0.447 e. The van der Waals surface area contributed by atoms with Gasteiger partial charge in [-0.3, -0.25) is 0 Å². The van der Waals surface area contributed by atoms with E-state index in [0.717, 1.165) is 25.7 Å². The van der Waals surface area contributed by atoms with Crippen molar-refractivity contribution in [1.82, 2.24) is 15.5 Å². The molecule has 11 heteroatoms. The van der Waals surface area contributed by atoms with Crippen LogP contribution in [0.1, 0.15) is 39.0 Å². The Kier molecular flexibility index (Phi) is 5.33. The number of rotatable bonds is 7. The van der Waals surface area contributed by atoms with Crippen molar-refractivity contribution in [3.8, 4) is 0 Å². The average Bonchev–Trinajstić information content (AvgIpc) is 3.10. The van der Waals surface area contributed by atoms with Gasteiger partial charge in [0.2, 0.25) is 5.79 Å². The number of ether oxygens (including phenoxy) is 1. The minimum atomic E-state index is -2.11. The van der Waals surface area contributed by atoms with Gasteiger partial charge in [0.25, 0.3) is 0 Å². The summed E-state index contributed by atoms with van der Waals surface area (Å²) in [5, 5.41) is 26.7. The lowest BCUT2D eigenvalue weighted by atomic mass is 9.87. The highest BCUT2D eigenvalue weighted by Crippen LogP contribution is 2.44. The summed E-state index contributed by atoms with van der Waals surface area (Å²) in [5.41, 5.74) is 10.4. The Morgan fingerprint density at radius 3 is 2.89 bits per heavy atom. The third kappa shape index (κ3) is 3.36. The highest BCUT2D eigenvalue weighted by molar-refractivity contribution is 5.87. The lowest BCUT2D eigenvalue weighted by Gasteiger charge is -2.48. The predicted octanol–water partition coefficient (Wildman–Crippen LogP) is -1.64. The zero-order valence-electron chi connectivity index (χ0n) is 15.5. The molecule has 152 valence electrons. The van der Waals surface area contributed by atoms with Crippen molar-refractivity contribution in [3.05, 3.63) is 0 Å². The van der Waals surface area contributed by atoms with E-state index in [1.165, 1.54) is 0 Å². The minimum absolute atomic E-state index is 0.0569. The first-order valence-corrected chi connectivity index (χ1v) is 9.39. The summed E-state index contributed by atoms with van der Waals surface area (Å²) in [6, 6.07) is -1.43. The van der Waals surface area contributed by atoms with E-state index in [1.807, 2.05) is 0 Å². The molecule has 1 amide bonds. The molecular weight excluding hydrogens is 354 g/mol. The number of hydrogen-bond donors (Lipinski definition) is 6. The number of amides is 1. The van der Waals surface area contributed by atoms with Gasteiger partial charge in [0.05, 0.1) is 0 Å². The van der Waals surface area contributed by atoms with Gasteiger partial charge in [-0.2, -0.15) is 0 Å². The van der Waals surface area contributed by atoms with Crippen LogP contribution in [0.4, 0.5) is 4.79 Å². The van der Waals surface area contributed by atoms with Gasteiger partial charge in [-0.25, -0.2) is 14.8 Å². The highest BCUT2D eigenvalue weighted by Gasteiger charge is 2.69. The second-order valence-electron chi connectivity index (χ2n) is 7.21. The molecular formula is C16H29N7O4. The third-order valence-electron chi connectivity index (χ3n) is 5.37. The molecule has 0 bridgehead atoms. The first-order valence-electron chi connectivity index (χ1n) is 9.39. The topological polar surface area (TPSA) is 171 Å². The van der Waals surface area contributed by atoms with Crippen LogP contribution in [0.3, 0.4) is 0 Å². The van der Waals surface area contributed by atoms with Crippen LogP contribution in [0, 0.1) is 0 Å². The van der Waals surface area contributed by atoms with Crippen LogP contribution >= 0.6 is 0 Å². The van der Waals surface area contributed by atoms with Crippen molar-refractivity contribution in [2.24, 2.45) is 21.5 Å². The number of nitrogens with two attached hydrogens (primary N) is 2. The predicted molar refractivity (Wildman–Crippen MR) is 98.7 cm³/mol. The number of alkyl carbamates (subject to hydrolysis) is 1. The number of nitrogens with one attached hydrogen (secondary N) is 2. The maximum Gasteiger partial charge on any atom is 0.407 e. The minimum Gasteiger partial charge on any atom is -0.447 e. The Morgan fingerprint density at radius 1 is 1.37 bits per heavy atom. The van der Waals surface area contributed by atoms with Crippen LogP contribution in [0.2, 0.25) is 0 Å². The number of hydrogen-bond acceptors (Lipinski definition) is 10. The molecule has 0 aromatic heterocycles. The molecule has 3 heterocycles. The average molecular weight is 383 g/mol. The smallest absolute Gasteiger partial charge is 0.407 e. The normalized spacial score (nSPS) is 30.7. The monoisotopic (exact) mass is 383 g/mol. The molecule has 1 spiro atoms. The molecule has 27 heavy (non-hydrogen) atoms. The second-order valence-corrected chi connectivity index (χ2v) is 7.21. The zero-order chi connectivity index (χ0) is 19.7. The van der Waals surface area contributed by atoms with Crippen LogP contribution in [0.5, 0.6) is 0 Å². The summed E-state index contributed by atoms with van der Waals surface area (Å²) in [6.45, 7) is 2.85. The van der Waals surface area contributed by atoms with E-state index in [4.69, 9.17) is 16.2 Å². The Balaban J connectivity index is 1.63. The van der Waals surface area contributed by atoms with E-state index in [2.05, 4.69) is 27.5 Å². The molecule has 11 nitrogen and oxygen atoms in total. The van der Waals surface area contributed by atoms with Gasteiger partial charge in [0.1, 0.15) is 18.7 Å². The molecule has 2 unspecified atom stereocenters. The van der Waals surface area contributed by atoms with Gasteiger partial charge in [-0.1, -0.05) is 26.2 Å². The number of aliphatic hydroxyl groups is 2. The number of unbranched alkanes of at least 4 members (excludes halogenated alkanes) is 3. The van der Waals surface area contributed by atoms with E-state index in [-0.39, 0.29) is 24.9 Å². The standard InChI is InChI=1S/C16H29N7O4/c1-2-3-4-5-7-19-14(24)27-9-10-11-16(22-12(17)21-11)15(25,26)6-8-23(16)13(18)20-10/h10-11,25-26H,2-9H2,1H3,(H2,18,20)(H,19,24)(H3,17,21,22)/t10?,11-,16?/m0/s1. The Labute approximate surface area is 157 Å². The molecule has 0 radical (unpaired) electrons. The first-order chi connectivity index (χ1) is 12.8. The van der Waals surface area contributed by atoms with Gasteiger partial charge in [0, 0.05) is 19.5 Å². The summed E-state index contributed by atoms with van der Waals surface area (Å²) in [6.07, 6.45) is 3.70. The van der Waals surface area contributed by atoms with Crippen LogP contribution < -0.4 is 22.1 Å². The fraction of sp³-hybridized carbons (Fsp3) is 0.812. The molecule has 1 saturated heterocycles. The molecule has 1 fully saturated rings. The van der Waals surface area contributed by atoms with E-state index < -0.39 is 29.6 Å². The summed E-state index contributed by atoms with van der Waals surface area (Å²) in [7, 11) is 0. The quantitative estimate of drug-likeness (QED) is 0.224. The van der Waals surface area contributed by atoms with Crippen molar-refractivity contribution in [3.63, 3.8) is 0 Å². The van der Waals surface area contributed by atoms with Gasteiger partial charge in [-0.15, -0.1) is 0 Å². The van der Waals surface area contributed by atoms with Gasteiger partial charge in [-0.05, 0) is 6.42 Å². The van der Waals surface area contributed by atoms with E-state index >= 15 is 0 Å². The Bertz CT molecular complexity index is 638. The number of guanidine groups is 2. The number of nitrogens with zero attached hydrogens (tertiary/aromatic N) is 3. The Hall–Kier alpha value is -2.27. The summed E-state index contributed by atoms with van der Waals surface area (Å²) in [4.78, 5) is 22.1. The SMILES string of the molecule is CCCCCCNC(=O)OCC1N=C(N)N2CCC(O)(O)C23NC(N)=N[C@@H]13. The fourth-order valence-electron chi connectivity index (χ4n) is 4.01. The maximum absolute atomic E-state index is 11.9. The summed E-state index contributed by atoms with van der Waals surface area (Å²) < 4.78 is 5.26. The third-order valence-corrected chi connectivity index (χ3v) is 5.37. The van der Waals surface area contributed by atoms with Crippen LogP contribution in [0.25, 0.3) is 0 Å². The molecule has 0 aliphatic carbocycles. The first kappa shape index (κ1) is 19.5. The fourth-order valence-corrected chi connectivity index (χ4v) is 4.01. The van der Waals surface area contributed by atoms with Crippen molar-refractivity contribution in [2.45, 2.75) is 62.6 Å². The van der Waals surface area contributed by atoms with Crippen LogP contribution in [-0.2, 0) is 4.74 Å². The molecule has 0 aromatic rings. The van der Waals surface area contributed by atoms with Gasteiger partial charge < -0.3 is 42.0 Å². The highest BCUT2D eigenvalue weighted by atomic mass is 16.5. The molecule has 8 N–H and O–H groups in total. The maximum atomic E-state index is 11.9. The van der Waals surface area contributed by atoms with E-state index in [0.29, 0.717) is 13.1 Å². The molecule has 3 atom stereocenters. The van der Waals surface area contributed by atoms with Gasteiger partial charge >= 0.3 is 6.09 Å². The van der Waals surface area contributed by atoms with E-state index in [9.17, 15) is 15.0 Å². The van der Waals surface area contributed by atoms with Crippen molar-refractivity contribution >= 4 is 18.0 Å². The zero-order valence-corrected chi connectivity index (χ0v) is 15.5. The molecule has 0 aromatic carbocycles. The molecule has 3 aliphatic rings. The van der Waals surface area contributed by atoms with Crippen molar-refractivity contribution in [2.75, 3.05) is 19.7 Å². The summed E-state index contributed by atoms with van der Waals surface area (Å²) >= 11 is 0. The number of aliphatic imine (C=N–C) groups is 2. The van der Waals surface area contributed by atoms with Crippen molar-refractivity contribution in [1.29, 1.82) is 0 Å². The molecule has 3 aliphatic heterocycles. The van der Waals surface area contributed by atoms with Gasteiger partial charge in [0.15, 0.2) is 17.6 Å². The van der Waals surface area contributed by atoms with Crippen LogP contribution in [0.15, 0.2) is 9.98 Å².